The summed E-state index contributed by atoms with van der Waals surface area (Å²) in [5.74, 6) is 0. The van der Waals surface area contributed by atoms with E-state index in [4.69, 9.17) is 10.5 Å². The van der Waals surface area contributed by atoms with E-state index in [9.17, 15) is 0 Å². The molecule has 0 spiro atoms. The Hall–Kier alpha value is -0.860. The van der Waals surface area contributed by atoms with Crippen LogP contribution in [0.3, 0.4) is 0 Å². The maximum atomic E-state index is 6.20. The van der Waals surface area contributed by atoms with Gasteiger partial charge in [-0.15, -0.1) is 0 Å². The first kappa shape index (κ1) is 12.2. The molecule has 0 heterocycles. The van der Waals surface area contributed by atoms with Crippen LogP contribution in [0.15, 0.2) is 18.2 Å². The molecule has 1 rings (SSSR count). The lowest BCUT2D eigenvalue weighted by atomic mass is 9.94. The van der Waals surface area contributed by atoms with Crippen molar-refractivity contribution in [3.8, 4) is 0 Å². The van der Waals surface area contributed by atoms with Gasteiger partial charge in [-0.05, 0) is 37.0 Å². The first-order chi connectivity index (χ1) is 7.11. The molecule has 2 atom stereocenters. The lowest BCUT2D eigenvalue weighted by Crippen LogP contribution is -2.28. The summed E-state index contributed by atoms with van der Waals surface area (Å²) in [6, 6.07) is 6.23. The van der Waals surface area contributed by atoms with Crippen molar-refractivity contribution in [2.75, 3.05) is 7.11 Å². The molecule has 0 fully saturated rings. The SMILES string of the molecule is CCC(OC)C(N)c1cccc(C)c1C. The quantitative estimate of drug-likeness (QED) is 0.824. The minimum atomic E-state index is -0.0279. The van der Waals surface area contributed by atoms with Gasteiger partial charge in [-0.25, -0.2) is 0 Å². The summed E-state index contributed by atoms with van der Waals surface area (Å²) in [6.45, 7) is 6.32. The molecule has 1 aromatic rings. The van der Waals surface area contributed by atoms with Gasteiger partial charge in [-0.2, -0.15) is 0 Å². The van der Waals surface area contributed by atoms with Gasteiger partial charge in [0.25, 0.3) is 0 Å². The van der Waals surface area contributed by atoms with E-state index in [1.807, 2.05) is 0 Å². The van der Waals surface area contributed by atoms with Crippen molar-refractivity contribution in [1.82, 2.24) is 0 Å². The van der Waals surface area contributed by atoms with Gasteiger partial charge >= 0.3 is 0 Å². The van der Waals surface area contributed by atoms with Crippen molar-refractivity contribution in [2.45, 2.75) is 39.3 Å². The Morgan fingerprint density at radius 3 is 2.53 bits per heavy atom. The topological polar surface area (TPSA) is 35.2 Å². The average Bonchev–Trinajstić information content (AvgIpc) is 2.23. The molecular weight excluding hydrogens is 186 g/mol. The highest BCUT2D eigenvalue weighted by Gasteiger charge is 2.18. The van der Waals surface area contributed by atoms with Crippen LogP contribution >= 0.6 is 0 Å². The average molecular weight is 207 g/mol. The molecule has 0 amide bonds. The predicted octanol–water partition coefficient (Wildman–Crippen LogP) is 2.73. The zero-order valence-corrected chi connectivity index (χ0v) is 10.1. The third kappa shape index (κ3) is 2.58. The van der Waals surface area contributed by atoms with Crippen LogP contribution in [0.1, 0.15) is 36.1 Å². The molecule has 0 saturated heterocycles. The van der Waals surface area contributed by atoms with Crippen molar-refractivity contribution < 1.29 is 4.74 Å². The van der Waals surface area contributed by atoms with Gasteiger partial charge < -0.3 is 10.5 Å². The second-order valence-corrected chi connectivity index (χ2v) is 4.00. The number of hydrogen-bond acceptors (Lipinski definition) is 2. The summed E-state index contributed by atoms with van der Waals surface area (Å²) in [4.78, 5) is 0. The molecule has 0 bridgehead atoms. The van der Waals surface area contributed by atoms with Crippen LogP contribution in [0.4, 0.5) is 0 Å². The molecule has 0 radical (unpaired) electrons. The number of benzene rings is 1. The second kappa shape index (κ2) is 5.29. The molecule has 0 aliphatic carbocycles. The van der Waals surface area contributed by atoms with Gasteiger partial charge in [0.05, 0.1) is 12.1 Å². The number of rotatable bonds is 4. The van der Waals surface area contributed by atoms with E-state index in [1.54, 1.807) is 7.11 Å². The Morgan fingerprint density at radius 2 is 2.00 bits per heavy atom. The van der Waals surface area contributed by atoms with Crippen LogP contribution in [0, 0.1) is 13.8 Å². The molecule has 84 valence electrons. The van der Waals surface area contributed by atoms with Crippen LogP contribution in [0.5, 0.6) is 0 Å². The molecule has 2 heteroatoms. The summed E-state index contributed by atoms with van der Waals surface area (Å²) in [6.07, 6.45) is 1.04. The minimum Gasteiger partial charge on any atom is -0.379 e. The van der Waals surface area contributed by atoms with E-state index >= 15 is 0 Å². The van der Waals surface area contributed by atoms with Crippen molar-refractivity contribution >= 4 is 0 Å². The minimum absolute atomic E-state index is 0.0279. The van der Waals surface area contributed by atoms with Gasteiger partial charge in [-0.1, -0.05) is 25.1 Å². The van der Waals surface area contributed by atoms with E-state index in [2.05, 4.69) is 39.0 Å². The lowest BCUT2D eigenvalue weighted by molar-refractivity contribution is 0.0770. The Balaban J connectivity index is 2.99. The van der Waals surface area contributed by atoms with E-state index in [0.717, 1.165) is 6.42 Å². The van der Waals surface area contributed by atoms with Crippen molar-refractivity contribution in [3.05, 3.63) is 34.9 Å². The Morgan fingerprint density at radius 1 is 1.33 bits per heavy atom. The maximum absolute atomic E-state index is 6.20. The lowest BCUT2D eigenvalue weighted by Gasteiger charge is -2.23. The van der Waals surface area contributed by atoms with Crippen molar-refractivity contribution in [2.24, 2.45) is 5.73 Å². The van der Waals surface area contributed by atoms with E-state index in [0.29, 0.717) is 0 Å². The number of methoxy groups -OCH3 is 1. The Bertz CT molecular complexity index is 318. The Kier molecular flexibility index (Phi) is 4.30. The molecule has 2 nitrogen and oxygen atoms in total. The second-order valence-electron chi connectivity index (χ2n) is 4.00. The van der Waals surface area contributed by atoms with E-state index < -0.39 is 0 Å². The zero-order chi connectivity index (χ0) is 11.4. The van der Waals surface area contributed by atoms with E-state index in [-0.39, 0.29) is 12.1 Å². The normalized spacial score (nSPS) is 15.0. The third-order valence-corrected chi connectivity index (χ3v) is 3.11. The van der Waals surface area contributed by atoms with E-state index in [1.165, 1.54) is 16.7 Å². The fraction of sp³-hybridized carbons (Fsp3) is 0.538. The summed E-state index contributed by atoms with van der Waals surface area (Å²) >= 11 is 0. The molecule has 15 heavy (non-hydrogen) atoms. The van der Waals surface area contributed by atoms with Crippen LogP contribution in [-0.4, -0.2) is 13.2 Å². The first-order valence-electron chi connectivity index (χ1n) is 5.46. The van der Waals surface area contributed by atoms with Crippen LogP contribution in [0.25, 0.3) is 0 Å². The molecule has 0 aliphatic rings. The summed E-state index contributed by atoms with van der Waals surface area (Å²) in [5, 5.41) is 0. The molecule has 1 aromatic carbocycles. The number of nitrogens with two attached hydrogens (primary N) is 1. The smallest absolute Gasteiger partial charge is 0.0761 e. The molecular formula is C13H21NO. The fourth-order valence-corrected chi connectivity index (χ4v) is 1.90. The number of aryl methyl sites for hydroxylation is 1. The van der Waals surface area contributed by atoms with Gasteiger partial charge in [-0.3, -0.25) is 0 Å². The zero-order valence-electron chi connectivity index (χ0n) is 10.1. The monoisotopic (exact) mass is 207 g/mol. The number of hydrogen-bond donors (Lipinski definition) is 1. The summed E-state index contributed by atoms with van der Waals surface area (Å²) in [5.41, 5.74) is 9.97. The first-order valence-corrected chi connectivity index (χ1v) is 5.46. The molecule has 0 saturated carbocycles. The highest BCUT2D eigenvalue weighted by atomic mass is 16.5. The van der Waals surface area contributed by atoms with Crippen molar-refractivity contribution in [3.63, 3.8) is 0 Å². The van der Waals surface area contributed by atoms with Gasteiger partial charge in [0.15, 0.2) is 0 Å². The van der Waals surface area contributed by atoms with Crippen molar-refractivity contribution in [1.29, 1.82) is 0 Å². The largest absolute Gasteiger partial charge is 0.379 e. The standard InChI is InChI=1S/C13H21NO/c1-5-12(15-4)13(14)11-8-6-7-9(2)10(11)3/h6-8,12-13H,5,14H2,1-4H3. The highest BCUT2D eigenvalue weighted by Crippen LogP contribution is 2.23. The van der Waals surface area contributed by atoms with Crippen LogP contribution in [0.2, 0.25) is 0 Å². The molecule has 0 aliphatic heterocycles. The summed E-state index contributed by atoms with van der Waals surface area (Å²) in [7, 11) is 1.72. The number of ether oxygens (including phenoxy) is 1. The highest BCUT2D eigenvalue weighted by molar-refractivity contribution is 5.35. The fourth-order valence-electron chi connectivity index (χ4n) is 1.90. The van der Waals surface area contributed by atoms with Gasteiger partial charge in [0, 0.05) is 7.11 Å². The van der Waals surface area contributed by atoms with Crippen LogP contribution < -0.4 is 5.73 Å². The van der Waals surface area contributed by atoms with Crippen LogP contribution in [-0.2, 0) is 4.74 Å². The molecule has 0 aromatic heterocycles. The third-order valence-electron chi connectivity index (χ3n) is 3.11. The van der Waals surface area contributed by atoms with Gasteiger partial charge in [0.2, 0.25) is 0 Å². The molecule has 2 unspecified atom stereocenters. The summed E-state index contributed by atoms with van der Waals surface area (Å²) < 4.78 is 5.39. The predicted molar refractivity (Wildman–Crippen MR) is 63.9 cm³/mol. The molecule has 2 N–H and O–H groups in total. The maximum Gasteiger partial charge on any atom is 0.0761 e. The van der Waals surface area contributed by atoms with Gasteiger partial charge in [0.1, 0.15) is 0 Å². The Labute approximate surface area is 92.4 Å².